The summed E-state index contributed by atoms with van der Waals surface area (Å²) in [7, 11) is 0. The maximum atomic E-state index is 14.9. The van der Waals surface area contributed by atoms with Crippen LogP contribution in [-0.4, -0.2) is 9.36 Å². The molecular weight excluding hydrogens is 418 g/mol. The molecule has 2 atom stereocenters. The Kier molecular flexibility index (Phi) is 4.63. The van der Waals surface area contributed by atoms with Crippen molar-refractivity contribution in [3.05, 3.63) is 86.8 Å². The van der Waals surface area contributed by atoms with Crippen molar-refractivity contribution < 1.29 is 8.78 Å². The highest BCUT2D eigenvalue weighted by atomic mass is 19.1. The normalized spacial score (nSPS) is 23.2. The van der Waals surface area contributed by atoms with Gasteiger partial charge in [-0.1, -0.05) is 65.8 Å². The molecule has 0 amide bonds. The van der Waals surface area contributed by atoms with Crippen LogP contribution in [0.4, 0.5) is 8.78 Å². The lowest BCUT2D eigenvalue weighted by molar-refractivity contribution is 0.216. The van der Waals surface area contributed by atoms with E-state index < -0.39 is 11.6 Å². The number of fused-ring (bicyclic) bond motifs is 5. The quantitative estimate of drug-likeness (QED) is 0.451. The molecule has 0 aliphatic heterocycles. The molecule has 0 spiro atoms. The molecule has 2 aromatic carbocycles. The molecule has 0 radical (unpaired) electrons. The summed E-state index contributed by atoms with van der Waals surface area (Å²) in [4.78, 5) is 13.8. The van der Waals surface area contributed by atoms with Gasteiger partial charge in [-0.3, -0.25) is 9.48 Å². The average molecular weight is 451 g/mol. The number of hydrogen-bond acceptors (Lipinski definition) is 1. The minimum atomic E-state index is -0.727. The summed E-state index contributed by atoms with van der Waals surface area (Å²) in [5, 5.41) is 0. The van der Waals surface area contributed by atoms with Gasteiger partial charge in [0.1, 0.15) is 11.5 Å². The van der Waals surface area contributed by atoms with Gasteiger partial charge in [0.15, 0.2) is 5.82 Å². The van der Waals surface area contributed by atoms with Crippen molar-refractivity contribution in [1.29, 1.82) is 0 Å². The molecule has 5 rings (SSSR count). The highest BCUT2D eigenvalue weighted by Gasteiger charge is 2.62. The zero-order chi connectivity index (χ0) is 23.9. The van der Waals surface area contributed by atoms with Crippen molar-refractivity contribution in [2.45, 2.75) is 77.7 Å². The van der Waals surface area contributed by atoms with Crippen molar-refractivity contribution in [1.82, 2.24) is 9.36 Å². The largest absolute Gasteiger partial charge is 0.277 e. The topological polar surface area (TPSA) is 26.9 Å². The van der Waals surface area contributed by atoms with E-state index in [1.54, 1.807) is 0 Å². The second-order valence-corrected chi connectivity index (χ2v) is 11.6. The molecule has 174 valence electrons. The highest BCUT2D eigenvalue weighted by Crippen LogP contribution is 2.67. The predicted molar refractivity (Wildman–Crippen MR) is 127 cm³/mol. The standard InChI is InChI=1S/C28H32F2N2O/c1-26(2,3)18-9-7-17(8-10-18)16-31-24-23(20-13-14-28(24,6)27(20,4)5)25(33)32(31)22-12-11-19(29)15-21(22)30/h7-12,15,20H,13-14,16H2,1-6H3/t20-,28+/m1/s1. The van der Waals surface area contributed by atoms with E-state index in [-0.39, 0.29) is 33.4 Å². The first kappa shape index (κ1) is 22.1. The average Bonchev–Trinajstić information content (AvgIpc) is 3.20. The van der Waals surface area contributed by atoms with Gasteiger partial charge >= 0.3 is 0 Å². The van der Waals surface area contributed by atoms with Crippen LogP contribution in [0.15, 0.2) is 47.3 Å². The Hall–Kier alpha value is -2.69. The van der Waals surface area contributed by atoms with Gasteiger partial charge in [0.25, 0.3) is 5.56 Å². The lowest BCUT2D eigenvalue weighted by Gasteiger charge is -2.36. The maximum Gasteiger partial charge on any atom is 0.275 e. The highest BCUT2D eigenvalue weighted by molar-refractivity contribution is 5.48. The van der Waals surface area contributed by atoms with E-state index in [4.69, 9.17) is 0 Å². The van der Waals surface area contributed by atoms with E-state index in [9.17, 15) is 13.6 Å². The van der Waals surface area contributed by atoms with Gasteiger partial charge < -0.3 is 0 Å². The molecule has 3 aromatic rings. The lowest BCUT2D eigenvalue weighted by atomic mass is 9.70. The van der Waals surface area contributed by atoms with Gasteiger partial charge in [0.2, 0.25) is 0 Å². The molecule has 5 heteroatoms. The first-order valence-corrected chi connectivity index (χ1v) is 11.8. The van der Waals surface area contributed by atoms with Gasteiger partial charge in [0, 0.05) is 17.0 Å². The molecule has 1 saturated carbocycles. The molecule has 0 saturated heterocycles. The van der Waals surface area contributed by atoms with Crippen LogP contribution in [-0.2, 0) is 17.4 Å². The van der Waals surface area contributed by atoms with Crippen molar-refractivity contribution in [2.24, 2.45) is 5.41 Å². The van der Waals surface area contributed by atoms with Crippen molar-refractivity contribution >= 4 is 0 Å². The van der Waals surface area contributed by atoms with Crippen LogP contribution in [0.1, 0.15) is 82.7 Å². The van der Waals surface area contributed by atoms with Gasteiger partial charge in [-0.2, -0.15) is 0 Å². The fraction of sp³-hybridized carbons (Fsp3) is 0.464. The molecule has 0 N–H and O–H groups in total. The molecule has 1 aromatic heterocycles. The monoisotopic (exact) mass is 450 g/mol. The van der Waals surface area contributed by atoms with Crippen LogP contribution in [0, 0.1) is 17.0 Å². The Morgan fingerprint density at radius 2 is 1.70 bits per heavy atom. The second kappa shape index (κ2) is 6.91. The van der Waals surface area contributed by atoms with E-state index in [0.29, 0.717) is 6.54 Å². The molecule has 2 aliphatic rings. The predicted octanol–water partition coefficient (Wildman–Crippen LogP) is 6.44. The van der Waals surface area contributed by atoms with E-state index in [1.807, 2.05) is 4.68 Å². The number of nitrogens with zero attached hydrogens (tertiary/aromatic N) is 2. The third-order valence-electron chi connectivity index (χ3n) is 8.57. The summed E-state index contributed by atoms with van der Waals surface area (Å²) >= 11 is 0. The Morgan fingerprint density at radius 1 is 1.03 bits per heavy atom. The van der Waals surface area contributed by atoms with Gasteiger partial charge in [0.05, 0.1) is 12.2 Å². The summed E-state index contributed by atoms with van der Waals surface area (Å²) in [6.07, 6.45) is 1.96. The van der Waals surface area contributed by atoms with Crippen LogP contribution in [0.5, 0.6) is 0 Å². The van der Waals surface area contributed by atoms with E-state index >= 15 is 0 Å². The Morgan fingerprint density at radius 3 is 2.30 bits per heavy atom. The van der Waals surface area contributed by atoms with Crippen molar-refractivity contribution in [3.63, 3.8) is 0 Å². The second-order valence-electron chi connectivity index (χ2n) is 11.6. The Bertz CT molecular complexity index is 1310. The molecule has 3 nitrogen and oxygen atoms in total. The van der Waals surface area contributed by atoms with Crippen LogP contribution >= 0.6 is 0 Å². The molecule has 33 heavy (non-hydrogen) atoms. The maximum absolute atomic E-state index is 14.9. The zero-order valence-electron chi connectivity index (χ0n) is 20.3. The van der Waals surface area contributed by atoms with Crippen molar-refractivity contribution in [3.8, 4) is 5.69 Å². The van der Waals surface area contributed by atoms with Gasteiger partial charge in [-0.15, -0.1) is 0 Å². The number of aromatic nitrogens is 2. The summed E-state index contributed by atoms with van der Waals surface area (Å²) < 4.78 is 32.0. The molecule has 2 bridgehead atoms. The van der Waals surface area contributed by atoms with E-state index in [1.165, 1.54) is 22.4 Å². The minimum Gasteiger partial charge on any atom is -0.277 e. The number of halogens is 2. The van der Waals surface area contributed by atoms with E-state index in [2.05, 4.69) is 65.8 Å². The number of hydrogen-bond donors (Lipinski definition) is 0. The number of benzene rings is 2. The molecule has 0 unspecified atom stereocenters. The number of rotatable bonds is 3. The molecule has 2 aliphatic carbocycles. The first-order valence-electron chi connectivity index (χ1n) is 11.8. The fourth-order valence-corrected chi connectivity index (χ4v) is 6.21. The van der Waals surface area contributed by atoms with Crippen LogP contribution in [0.3, 0.4) is 0 Å². The lowest BCUT2D eigenvalue weighted by Crippen LogP contribution is -2.36. The summed E-state index contributed by atoms with van der Waals surface area (Å²) in [5.41, 5.74) is 3.84. The van der Waals surface area contributed by atoms with Crippen molar-refractivity contribution in [2.75, 3.05) is 0 Å². The fourth-order valence-electron chi connectivity index (χ4n) is 6.21. The smallest absolute Gasteiger partial charge is 0.275 e. The minimum absolute atomic E-state index is 0.0449. The molecule has 1 fully saturated rings. The first-order chi connectivity index (χ1) is 15.4. The van der Waals surface area contributed by atoms with Crippen LogP contribution in [0.2, 0.25) is 0 Å². The zero-order valence-corrected chi connectivity index (χ0v) is 20.3. The van der Waals surface area contributed by atoms with Crippen LogP contribution in [0.25, 0.3) is 5.69 Å². The van der Waals surface area contributed by atoms with Gasteiger partial charge in [-0.05, 0) is 52.8 Å². The SMILES string of the molecule is CC(C)(C)c1ccc(Cn2c3c(c(=O)n2-c2ccc(F)cc2F)[C@H]2CC[C@]3(C)C2(C)C)cc1. The van der Waals surface area contributed by atoms with E-state index in [0.717, 1.165) is 35.7 Å². The third-order valence-corrected chi connectivity index (χ3v) is 8.57. The van der Waals surface area contributed by atoms with Crippen LogP contribution < -0.4 is 5.56 Å². The Balaban J connectivity index is 1.72. The molecule has 1 heterocycles. The molecular formula is C28H32F2N2O. The summed E-state index contributed by atoms with van der Waals surface area (Å²) in [6.45, 7) is 13.7. The van der Waals surface area contributed by atoms with Gasteiger partial charge in [-0.25, -0.2) is 13.5 Å². The summed E-state index contributed by atoms with van der Waals surface area (Å²) in [6, 6.07) is 11.9. The Labute approximate surface area is 194 Å². The third kappa shape index (κ3) is 3.00. The summed E-state index contributed by atoms with van der Waals surface area (Å²) in [5.74, 6) is -1.24.